The van der Waals surface area contributed by atoms with Gasteiger partial charge >= 0.3 is 0 Å². The third kappa shape index (κ3) is 2.43. The number of likely N-dealkylation sites (tertiary alicyclic amines) is 1. The predicted octanol–water partition coefficient (Wildman–Crippen LogP) is 2.77. The van der Waals surface area contributed by atoms with E-state index in [1.54, 1.807) is 0 Å². The van der Waals surface area contributed by atoms with E-state index >= 15 is 0 Å². The van der Waals surface area contributed by atoms with Crippen molar-refractivity contribution in [3.05, 3.63) is 0 Å². The monoisotopic (exact) mass is 224 g/mol. The standard InChI is InChI=1S/C14H28N2/c1-3-13(4-2)8-10-16(12-13)11-9-14(15)6-5-7-14/h3-12,15H2,1-2H3. The average Bonchev–Trinajstić information content (AvgIpc) is 2.68. The molecule has 2 aliphatic rings. The minimum absolute atomic E-state index is 0.212. The quantitative estimate of drug-likeness (QED) is 0.778. The molecule has 2 heteroatoms. The Kier molecular flexibility index (Phi) is 3.60. The van der Waals surface area contributed by atoms with Crippen molar-refractivity contribution in [2.75, 3.05) is 19.6 Å². The minimum atomic E-state index is 0.212. The van der Waals surface area contributed by atoms with Gasteiger partial charge in [0.2, 0.25) is 0 Å². The first-order chi connectivity index (χ1) is 7.61. The van der Waals surface area contributed by atoms with Crippen molar-refractivity contribution in [1.82, 2.24) is 4.90 Å². The second-order valence-electron chi connectivity index (χ2n) is 6.20. The van der Waals surface area contributed by atoms with Gasteiger partial charge < -0.3 is 10.6 Å². The molecule has 1 aliphatic carbocycles. The van der Waals surface area contributed by atoms with Gasteiger partial charge in [0.25, 0.3) is 0 Å². The molecule has 0 bridgehead atoms. The van der Waals surface area contributed by atoms with Gasteiger partial charge in [-0.1, -0.05) is 13.8 Å². The van der Waals surface area contributed by atoms with Crippen LogP contribution in [0.3, 0.4) is 0 Å². The predicted molar refractivity (Wildman–Crippen MR) is 69.5 cm³/mol. The lowest BCUT2D eigenvalue weighted by atomic mass is 9.75. The second kappa shape index (κ2) is 4.66. The number of hydrogen-bond donors (Lipinski definition) is 1. The summed E-state index contributed by atoms with van der Waals surface area (Å²) in [4.78, 5) is 2.65. The highest BCUT2D eigenvalue weighted by Gasteiger charge is 2.37. The van der Waals surface area contributed by atoms with E-state index in [4.69, 9.17) is 5.73 Å². The molecular formula is C14H28N2. The van der Waals surface area contributed by atoms with E-state index in [9.17, 15) is 0 Å². The van der Waals surface area contributed by atoms with Crippen LogP contribution in [0.4, 0.5) is 0 Å². The normalized spacial score (nSPS) is 27.9. The molecule has 0 amide bonds. The molecule has 0 aromatic carbocycles. The lowest BCUT2D eigenvalue weighted by Gasteiger charge is -2.39. The molecule has 16 heavy (non-hydrogen) atoms. The first kappa shape index (κ1) is 12.4. The summed E-state index contributed by atoms with van der Waals surface area (Å²) < 4.78 is 0. The molecule has 0 spiro atoms. The van der Waals surface area contributed by atoms with E-state index in [-0.39, 0.29) is 5.54 Å². The molecular weight excluding hydrogens is 196 g/mol. The zero-order valence-electron chi connectivity index (χ0n) is 11.1. The Labute approximate surface area is 101 Å². The Balaban J connectivity index is 1.76. The highest BCUT2D eigenvalue weighted by atomic mass is 15.2. The fraction of sp³-hybridized carbons (Fsp3) is 1.00. The lowest BCUT2D eigenvalue weighted by Crippen LogP contribution is -2.48. The molecule has 0 unspecified atom stereocenters. The van der Waals surface area contributed by atoms with Gasteiger partial charge in [-0.2, -0.15) is 0 Å². The number of nitrogens with zero attached hydrogens (tertiary/aromatic N) is 1. The van der Waals surface area contributed by atoms with Crippen LogP contribution in [0, 0.1) is 5.41 Å². The van der Waals surface area contributed by atoms with Crippen molar-refractivity contribution < 1.29 is 0 Å². The highest BCUT2D eigenvalue weighted by Crippen LogP contribution is 2.38. The van der Waals surface area contributed by atoms with Crippen LogP contribution in [-0.2, 0) is 0 Å². The van der Waals surface area contributed by atoms with Crippen LogP contribution in [0.25, 0.3) is 0 Å². The first-order valence-electron chi connectivity index (χ1n) is 7.13. The molecule has 0 radical (unpaired) electrons. The maximum absolute atomic E-state index is 6.29. The van der Waals surface area contributed by atoms with Gasteiger partial charge in [-0.05, 0) is 63.5 Å². The van der Waals surface area contributed by atoms with Crippen molar-refractivity contribution in [3.8, 4) is 0 Å². The van der Waals surface area contributed by atoms with Crippen LogP contribution < -0.4 is 5.73 Å². The van der Waals surface area contributed by atoms with Gasteiger partial charge in [-0.15, -0.1) is 0 Å². The Morgan fingerprint density at radius 2 is 1.81 bits per heavy atom. The molecule has 1 saturated carbocycles. The average molecular weight is 224 g/mol. The summed E-state index contributed by atoms with van der Waals surface area (Å²) in [6, 6.07) is 0. The van der Waals surface area contributed by atoms with E-state index < -0.39 is 0 Å². The topological polar surface area (TPSA) is 29.3 Å². The third-order valence-electron chi connectivity index (χ3n) is 5.29. The zero-order valence-corrected chi connectivity index (χ0v) is 11.1. The summed E-state index contributed by atoms with van der Waals surface area (Å²) in [7, 11) is 0. The van der Waals surface area contributed by atoms with E-state index in [0.29, 0.717) is 5.41 Å². The largest absolute Gasteiger partial charge is 0.325 e. The van der Waals surface area contributed by atoms with Gasteiger partial charge in [0.1, 0.15) is 0 Å². The van der Waals surface area contributed by atoms with Crippen LogP contribution in [0.15, 0.2) is 0 Å². The SMILES string of the molecule is CCC1(CC)CCN(CCC2(N)CCC2)C1. The van der Waals surface area contributed by atoms with Crippen LogP contribution in [0.1, 0.15) is 58.8 Å². The van der Waals surface area contributed by atoms with Crippen molar-refractivity contribution in [2.24, 2.45) is 11.1 Å². The summed E-state index contributed by atoms with van der Waals surface area (Å²) in [5.41, 5.74) is 7.13. The molecule has 1 aliphatic heterocycles. The smallest absolute Gasteiger partial charge is 0.0166 e. The molecule has 2 rings (SSSR count). The Morgan fingerprint density at radius 1 is 1.12 bits per heavy atom. The molecule has 2 nitrogen and oxygen atoms in total. The van der Waals surface area contributed by atoms with E-state index in [0.717, 1.165) is 0 Å². The zero-order chi connectivity index (χ0) is 11.6. The van der Waals surface area contributed by atoms with E-state index in [2.05, 4.69) is 18.7 Å². The molecule has 0 aromatic heterocycles. The maximum atomic E-state index is 6.29. The van der Waals surface area contributed by atoms with Crippen molar-refractivity contribution >= 4 is 0 Å². The van der Waals surface area contributed by atoms with Gasteiger partial charge in [0, 0.05) is 12.1 Å². The maximum Gasteiger partial charge on any atom is 0.0166 e. The van der Waals surface area contributed by atoms with Crippen LogP contribution in [-0.4, -0.2) is 30.1 Å². The fourth-order valence-electron chi connectivity index (χ4n) is 3.31. The number of nitrogens with two attached hydrogens (primary N) is 1. The molecule has 2 N–H and O–H groups in total. The molecule has 2 fully saturated rings. The van der Waals surface area contributed by atoms with Crippen molar-refractivity contribution in [1.29, 1.82) is 0 Å². The van der Waals surface area contributed by atoms with E-state index in [1.807, 2.05) is 0 Å². The Morgan fingerprint density at radius 3 is 2.25 bits per heavy atom. The lowest BCUT2D eigenvalue weighted by molar-refractivity contribution is 0.181. The van der Waals surface area contributed by atoms with Crippen molar-refractivity contribution in [3.63, 3.8) is 0 Å². The molecule has 1 heterocycles. The van der Waals surface area contributed by atoms with Crippen LogP contribution in [0.5, 0.6) is 0 Å². The van der Waals surface area contributed by atoms with Gasteiger partial charge in [0.05, 0.1) is 0 Å². The summed E-state index contributed by atoms with van der Waals surface area (Å²) >= 11 is 0. The van der Waals surface area contributed by atoms with Gasteiger partial charge in [-0.3, -0.25) is 0 Å². The third-order valence-corrected chi connectivity index (χ3v) is 5.29. The van der Waals surface area contributed by atoms with Gasteiger partial charge in [0.15, 0.2) is 0 Å². The Hall–Kier alpha value is -0.0800. The van der Waals surface area contributed by atoms with Crippen LogP contribution in [0.2, 0.25) is 0 Å². The summed E-state index contributed by atoms with van der Waals surface area (Å²) in [5.74, 6) is 0. The van der Waals surface area contributed by atoms with E-state index in [1.165, 1.54) is 64.6 Å². The highest BCUT2D eigenvalue weighted by molar-refractivity contribution is 4.95. The summed E-state index contributed by atoms with van der Waals surface area (Å²) in [6.45, 7) is 8.55. The molecule has 0 aromatic rings. The molecule has 94 valence electrons. The first-order valence-corrected chi connectivity index (χ1v) is 7.13. The van der Waals surface area contributed by atoms with Gasteiger partial charge in [-0.25, -0.2) is 0 Å². The minimum Gasteiger partial charge on any atom is -0.325 e. The van der Waals surface area contributed by atoms with Crippen LogP contribution >= 0.6 is 0 Å². The molecule has 1 saturated heterocycles. The van der Waals surface area contributed by atoms with Crippen molar-refractivity contribution in [2.45, 2.75) is 64.3 Å². The second-order valence-corrected chi connectivity index (χ2v) is 6.20. The summed E-state index contributed by atoms with van der Waals surface area (Å²) in [5, 5.41) is 0. The summed E-state index contributed by atoms with van der Waals surface area (Å²) in [6.07, 6.45) is 9.17. The number of hydrogen-bond acceptors (Lipinski definition) is 2. The number of rotatable bonds is 5. The fourth-order valence-corrected chi connectivity index (χ4v) is 3.31. The molecule has 0 atom stereocenters. The Bertz CT molecular complexity index is 229.